The average molecular weight is 404 g/mol. The Bertz CT molecular complexity index is 581. The summed E-state index contributed by atoms with van der Waals surface area (Å²) in [5, 5.41) is 33.5. The topological polar surface area (TPSA) is 208 Å². The maximum atomic E-state index is 12.0. The summed E-state index contributed by atoms with van der Waals surface area (Å²) in [6.07, 6.45) is -0.291. The molecular formula is C16H28N4O8. The smallest absolute Gasteiger partial charge is 0.326 e. The molecule has 0 aliphatic rings. The van der Waals surface area contributed by atoms with Crippen molar-refractivity contribution in [2.45, 2.75) is 51.2 Å². The number of aliphatic hydroxyl groups excluding tert-OH is 1. The molecule has 3 atom stereocenters. The lowest BCUT2D eigenvalue weighted by Crippen LogP contribution is -2.54. The van der Waals surface area contributed by atoms with Crippen molar-refractivity contribution in [3.8, 4) is 0 Å². The van der Waals surface area contributed by atoms with Crippen LogP contribution in [0.4, 0.5) is 0 Å². The second-order valence-electron chi connectivity index (χ2n) is 6.59. The number of aliphatic carboxylic acids is 2. The van der Waals surface area contributed by atoms with Gasteiger partial charge in [0.15, 0.2) is 0 Å². The van der Waals surface area contributed by atoms with E-state index in [9.17, 15) is 29.1 Å². The Morgan fingerprint density at radius 1 is 0.964 bits per heavy atom. The molecule has 0 aliphatic heterocycles. The number of nitrogens with one attached hydrogen (secondary N) is 3. The van der Waals surface area contributed by atoms with Gasteiger partial charge in [-0.25, -0.2) is 4.79 Å². The van der Waals surface area contributed by atoms with Crippen LogP contribution in [-0.2, 0) is 24.0 Å². The number of amides is 3. The second-order valence-corrected chi connectivity index (χ2v) is 6.59. The largest absolute Gasteiger partial charge is 0.481 e. The first-order chi connectivity index (χ1) is 13.0. The molecule has 0 bridgehead atoms. The highest BCUT2D eigenvalue weighted by atomic mass is 16.4. The molecule has 12 heteroatoms. The van der Waals surface area contributed by atoms with Crippen molar-refractivity contribution in [1.82, 2.24) is 16.0 Å². The Morgan fingerprint density at radius 2 is 1.57 bits per heavy atom. The van der Waals surface area contributed by atoms with E-state index in [1.54, 1.807) is 13.8 Å². The van der Waals surface area contributed by atoms with E-state index in [2.05, 4.69) is 16.0 Å². The van der Waals surface area contributed by atoms with Gasteiger partial charge in [-0.05, 0) is 18.8 Å². The van der Waals surface area contributed by atoms with E-state index in [1.807, 2.05) is 0 Å². The molecule has 0 saturated heterocycles. The van der Waals surface area contributed by atoms with E-state index < -0.39 is 60.9 Å². The van der Waals surface area contributed by atoms with Gasteiger partial charge in [-0.3, -0.25) is 19.2 Å². The monoisotopic (exact) mass is 404 g/mol. The van der Waals surface area contributed by atoms with Gasteiger partial charge in [-0.15, -0.1) is 0 Å². The molecule has 12 nitrogen and oxygen atoms in total. The lowest BCUT2D eigenvalue weighted by atomic mass is 10.0. The minimum absolute atomic E-state index is 0.0234. The fourth-order valence-corrected chi connectivity index (χ4v) is 2.11. The summed E-state index contributed by atoms with van der Waals surface area (Å²) in [7, 11) is 0. The molecule has 3 unspecified atom stereocenters. The molecule has 0 radical (unpaired) electrons. The van der Waals surface area contributed by atoms with E-state index in [-0.39, 0.29) is 25.2 Å². The van der Waals surface area contributed by atoms with E-state index in [1.165, 1.54) is 0 Å². The van der Waals surface area contributed by atoms with Gasteiger partial charge in [0, 0.05) is 6.42 Å². The standard InChI is InChI=1S/C16H28N4O8/c1-8(2)5-10(16(27)28)19-12(22)6-18-15(26)11(7-21)20-14(25)9(17)3-4-13(23)24/h8-11,21H,3-7,17H2,1-2H3,(H,18,26)(H,19,22)(H,20,25)(H,23,24)(H,27,28). The van der Waals surface area contributed by atoms with Crippen LogP contribution in [0.3, 0.4) is 0 Å². The predicted molar refractivity (Wildman–Crippen MR) is 95.9 cm³/mol. The number of carboxylic acid groups (broad SMARTS) is 2. The molecule has 0 aromatic heterocycles. The molecule has 0 spiro atoms. The molecule has 8 N–H and O–H groups in total. The minimum atomic E-state index is -1.40. The first-order valence-electron chi connectivity index (χ1n) is 8.66. The Labute approximate surface area is 161 Å². The number of carboxylic acids is 2. The Morgan fingerprint density at radius 3 is 2.04 bits per heavy atom. The van der Waals surface area contributed by atoms with Crippen LogP contribution < -0.4 is 21.7 Å². The minimum Gasteiger partial charge on any atom is -0.481 e. The lowest BCUT2D eigenvalue weighted by molar-refractivity contribution is -0.142. The van der Waals surface area contributed by atoms with Gasteiger partial charge in [0.25, 0.3) is 0 Å². The zero-order chi connectivity index (χ0) is 21.9. The average Bonchev–Trinajstić information content (AvgIpc) is 2.60. The third kappa shape index (κ3) is 10.4. The number of hydrogen-bond donors (Lipinski definition) is 7. The first kappa shape index (κ1) is 25.3. The third-order valence-electron chi connectivity index (χ3n) is 3.59. The summed E-state index contributed by atoms with van der Waals surface area (Å²) in [5.74, 6) is -4.78. The van der Waals surface area contributed by atoms with Crippen LogP contribution in [0, 0.1) is 5.92 Å². The molecule has 0 aromatic rings. The van der Waals surface area contributed by atoms with Gasteiger partial charge in [0.05, 0.1) is 19.2 Å². The number of carbonyl (C=O) groups excluding carboxylic acids is 3. The first-order valence-corrected chi connectivity index (χ1v) is 8.66. The predicted octanol–water partition coefficient (Wildman–Crippen LogP) is -2.61. The van der Waals surface area contributed by atoms with Crippen molar-refractivity contribution >= 4 is 29.7 Å². The zero-order valence-electron chi connectivity index (χ0n) is 15.8. The van der Waals surface area contributed by atoms with Crippen LogP contribution in [0.1, 0.15) is 33.1 Å². The maximum Gasteiger partial charge on any atom is 0.326 e. The van der Waals surface area contributed by atoms with Crippen molar-refractivity contribution in [2.24, 2.45) is 11.7 Å². The van der Waals surface area contributed by atoms with Gasteiger partial charge in [0.1, 0.15) is 12.1 Å². The maximum absolute atomic E-state index is 12.0. The Hall–Kier alpha value is -2.73. The van der Waals surface area contributed by atoms with Crippen molar-refractivity contribution < 1.29 is 39.3 Å². The summed E-state index contributed by atoms with van der Waals surface area (Å²) in [5.41, 5.74) is 5.51. The number of hydrogen-bond acceptors (Lipinski definition) is 7. The SMILES string of the molecule is CC(C)CC(NC(=O)CNC(=O)C(CO)NC(=O)C(N)CCC(=O)O)C(=O)O. The summed E-state index contributed by atoms with van der Waals surface area (Å²) >= 11 is 0. The van der Waals surface area contributed by atoms with Gasteiger partial charge in [-0.1, -0.05) is 13.8 Å². The molecule has 0 heterocycles. The van der Waals surface area contributed by atoms with Crippen LogP contribution in [0.25, 0.3) is 0 Å². The summed E-state index contributed by atoms with van der Waals surface area (Å²) in [6, 6.07) is -3.69. The van der Waals surface area contributed by atoms with Gasteiger partial charge in [-0.2, -0.15) is 0 Å². The van der Waals surface area contributed by atoms with E-state index >= 15 is 0 Å². The van der Waals surface area contributed by atoms with Crippen LogP contribution in [0.15, 0.2) is 0 Å². The number of aliphatic hydroxyl groups is 1. The second kappa shape index (κ2) is 12.6. The molecule has 28 heavy (non-hydrogen) atoms. The number of rotatable bonds is 13. The van der Waals surface area contributed by atoms with E-state index in [0.717, 1.165) is 0 Å². The number of carbonyl (C=O) groups is 5. The van der Waals surface area contributed by atoms with Crippen molar-refractivity contribution in [1.29, 1.82) is 0 Å². The fourth-order valence-electron chi connectivity index (χ4n) is 2.11. The third-order valence-corrected chi connectivity index (χ3v) is 3.59. The zero-order valence-corrected chi connectivity index (χ0v) is 15.8. The highest BCUT2D eigenvalue weighted by Gasteiger charge is 2.25. The molecule has 160 valence electrons. The van der Waals surface area contributed by atoms with Crippen molar-refractivity contribution in [3.05, 3.63) is 0 Å². The molecule has 3 amide bonds. The lowest BCUT2D eigenvalue weighted by Gasteiger charge is -2.19. The van der Waals surface area contributed by atoms with Crippen LogP contribution in [-0.4, -0.2) is 76.3 Å². The van der Waals surface area contributed by atoms with Crippen molar-refractivity contribution in [3.63, 3.8) is 0 Å². The van der Waals surface area contributed by atoms with Crippen molar-refractivity contribution in [2.75, 3.05) is 13.2 Å². The van der Waals surface area contributed by atoms with Gasteiger partial charge < -0.3 is 37.0 Å². The molecular weight excluding hydrogens is 376 g/mol. The molecule has 0 aliphatic carbocycles. The summed E-state index contributed by atoms with van der Waals surface area (Å²) in [4.78, 5) is 57.2. The molecule has 0 fully saturated rings. The number of nitrogens with two attached hydrogens (primary N) is 1. The van der Waals surface area contributed by atoms with E-state index in [4.69, 9.17) is 15.9 Å². The Kier molecular flexibility index (Phi) is 11.4. The van der Waals surface area contributed by atoms with Crippen LogP contribution in [0.2, 0.25) is 0 Å². The quantitative estimate of drug-likeness (QED) is 0.171. The van der Waals surface area contributed by atoms with Gasteiger partial charge in [0.2, 0.25) is 17.7 Å². The fraction of sp³-hybridized carbons (Fsp3) is 0.688. The Balaban J connectivity index is 4.56. The molecule has 0 aromatic carbocycles. The van der Waals surface area contributed by atoms with Crippen LogP contribution >= 0.6 is 0 Å². The molecule has 0 saturated carbocycles. The summed E-state index contributed by atoms with van der Waals surface area (Å²) in [6.45, 7) is 2.24. The molecule has 0 rings (SSSR count). The van der Waals surface area contributed by atoms with E-state index in [0.29, 0.717) is 0 Å². The highest BCUT2D eigenvalue weighted by molar-refractivity contribution is 5.92. The van der Waals surface area contributed by atoms with Crippen LogP contribution in [0.5, 0.6) is 0 Å². The summed E-state index contributed by atoms with van der Waals surface area (Å²) < 4.78 is 0. The normalized spacial score (nSPS) is 13.9. The highest BCUT2D eigenvalue weighted by Crippen LogP contribution is 2.04. The van der Waals surface area contributed by atoms with Gasteiger partial charge >= 0.3 is 11.9 Å².